The van der Waals surface area contributed by atoms with Crippen LogP contribution >= 0.6 is 0 Å². The number of amides is 1. The van der Waals surface area contributed by atoms with Crippen LogP contribution < -0.4 is 20.3 Å². The summed E-state index contributed by atoms with van der Waals surface area (Å²) < 4.78 is 28.9. The van der Waals surface area contributed by atoms with E-state index in [0.717, 1.165) is 44.5 Å². The maximum atomic E-state index is 13.6. The summed E-state index contributed by atoms with van der Waals surface area (Å²) in [6.45, 7) is 3.64. The van der Waals surface area contributed by atoms with Crippen molar-refractivity contribution >= 4 is 38.9 Å². The number of anilines is 4. The van der Waals surface area contributed by atoms with E-state index in [0.29, 0.717) is 46.7 Å². The number of fused-ring (bicyclic) bond motifs is 7. The summed E-state index contributed by atoms with van der Waals surface area (Å²) in [6, 6.07) is 8.59. The Morgan fingerprint density at radius 2 is 1.95 bits per heavy atom. The molecule has 40 heavy (non-hydrogen) atoms. The predicted octanol–water partition coefficient (Wildman–Crippen LogP) is 3.75. The first-order valence-electron chi connectivity index (χ1n) is 13.6. The van der Waals surface area contributed by atoms with Crippen molar-refractivity contribution in [3.63, 3.8) is 0 Å². The zero-order valence-corrected chi connectivity index (χ0v) is 23.3. The molecule has 0 atom stereocenters. The van der Waals surface area contributed by atoms with E-state index in [4.69, 9.17) is 4.98 Å². The van der Waals surface area contributed by atoms with Crippen LogP contribution in [0.1, 0.15) is 48.7 Å². The Bertz CT molecular complexity index is 1490. The number of nitrogens with zero attached hydrogens (tertiary/aromatic N) is 4. The molecule has 212 valence electrons. The lowest BCUT2D eigenvalue weighted by molar-refractivity contribution is 0.102. The Hall–Kier alpha value is -3.90. The highest BCUT2D eigenvalue weighted by Gasteiger charge is 2.24. The largest absolute Gasteiger partial charge is 0.390 e. The number of imidazole rings is 1. The number of nitrogens with one attached hydrogen (secondary N) is 3. The number of aliphatic hydroxyl groups is 1. The van der Waals surface area contributed by atoms with Gasteiger partial charge in [0.2, 0.25) is 10.0 Å². The molecule has 12 heteroatoms. The molecule has 3 aliphatic rings. The topological polar surface area (TPSA) is 141 Å². The number of rotatable bonds is 5. The third-order valence-corrected chi connectivity index (χ3v) is 8.59. The van der Waals surface area contributed by atoms with E-state index in [2.05, 4.69) is 37.4 Å². The molecule has 3 aromatic rings. The highest BCUT2D eigenvalue weighted by Crippen LogP contribution is 2.32. The maximum Gasteiger partial charge on any atom is 0.258 e. The first kappa shape index (κ1) is 27.7. The van der Waals surface area contributed by atoms with E-state index < -0.39 is 10.0 Å². The molecule has 0 radical (unpaired) electrons. The van der Waals surface area contributed by atoms with E-state index in [9.17, 15) is 18.3 Å². The number of allylic oxidation sites excluding steroid dienone is 1. The first-order valence-corrected chi connectivity index (χ1v) is 15.3. The second-order valence-electron chi connectivity index (χ2n) is 10.0. The fraction of sp³-hybridized carbons (Fsp3) is 0.393. The van der Waals surface area contributed by atoms with E-state index in [1.54, 1.807) is 48.3 Å². The lowest BCUT2D eigenvalue weighted by atomic mass is 9.92. The van der Waals surface area contributed by atoms with Crippen molar-refractivity contribution in [3.05, 3.63) is 66.3 Å². The summed E-state index contributed by atoms with van der Waals surface area (Å²) >= 11 is 0. The third kappa shape index (κ3) is 6.45. The molecule has 1 fully saturated rings. The van der Waals surface area contributed by atoms with Crippen molar-refractivity contribution in [2.45, 2.75) is 39.2 Å². The van der Waals surface area contributed by atoms with Gasteiger partial charge in [0.05, 0.1) is 47.0 Å². The lowest BCUT2D eigenvalue weighted by Gasteiger charge is -2.34. The predicted molar refractivity (Wildman–Crippen MR) is 157 cm³/mol. The van der Waals surface area contributed by atoms with Gasteiger partial charge in [-0.1, -0.05) is 12.2 Å². The lowest BCUT2D eigenvalue weighted by Crippen LogP contribution is -2.35. The Morgan fingerprint density at radius 3 is 2.70 bits per heavy atom. The van der Waals surface area contributed by atoms with E-state index in [-0.39, 0.29) is 18.3 Å². The molecule has 0 spiro atoms. The third-order valence-electron chi connectivity index (χ3n) is 7.28. The molecule has 2 aromatic heterocycles. The average Bonchev–Trinajstić information content (AvgIpc) is 3.44. The van der Waals surface area contributed by atoms with Gasteiger partial charge in [-0.05, 0) is 68.9 Å². The van der Waals surface area contributed by atoms with Crippen LogP contribution in [0.4, 0.5) is 23.0 Å². The van der Waals surface area contributed by atoms with Gasteiger partial charge in [-0.15, -0.1) is 0 Å². The van der Waals surface area contributed by atoms with Crippen LogP contribution in [0.25, 0.3) is 5.69 Å². The van der Waals surface area contributed by atoms with Gasteiger partial charge in [0, 0.05) is 25.8 Å². The molecule has 0 aliphatic carbocycles. The summed E-state index contributed by atoms with van der Waals surface area (Å²) in [5.41, 5.74) is 2.85. The number of benzene rings is 1. The van der Waals surface area contributed by atoms with Crippen LogP contribution in [0.2, 0.25) is 0 Å². The minimum atomic E-state index is -3.46. The SMILES string of the molecule is CCS(=O)(=O)Nc1ccc2c(c1)N1CCC(C/C=C/CCNc3nc(ccc3-n3cnc(CO)c3)NC2=O)CC1. The van der Waals surface area contributed by atoms with Crippen LogP contribution in [0.15, 0.2) is 55.0 Å². The molecule has 11 nitrogen and oxygen atoms in total. The molecule has 4 bridgehead atoms. The first-order chi connectivity index (χ1) is 19.3. The summed E-state index contributed by atoms with van der Waals surface area (Å²) in [7, 11) is -3.46. The van der Waals surface area contributed by atoms with Gasteiger partial charge in [0.15, 0.2) is 5.82 Å². The Kier molecular flexibility index (Phi) is 8.36. The normalized spacial score (nSPS) is 17.4. The summed E-state index contributed by atoms with van der Waals surface area (Å²) in [5, 5.41) is 15.7. The van der Waals surface area contributed by atoms with Crippen molar-refractivity contribution in [1.82, 2.24) is 14.5 Å². The van der Waals surface area contributed by atoms with Crippen molar-refractivity contribution in [2.24, 2.45) is 5.92 Å². The second kappa shape index (κ2) is 12.1. The molecule has 1 amide bonds. The summed E-state index contributed by atoms with van der Waals surface area (Å²) in [4.78, 5) is 24.7. The Labute approximate surface area is 234 Å². The van der Waals surface area contributed by atoms with E-state index in [1.807, 2.05) is 6.07 Å². The summed E-state index contributed by atoms with van der Waals surface area (Å²) in [6.07, 6.45) is 11.6. The summed E-state index contributed by atoms with van der Waals surface area (Å²) in [5.74, 6) is 1.14. The van der Waals surface area contributed by atoms with Crippen LogP contribution in [-0.2, 0) is 16.6 Å². The van der Waals surface area contributed by atoms with Gasteiger partial charge < -0.3 is 25.2 Å². The smallest absolute Gasteiger partial charge is 0.258 e. The van der Waals surface area contributed by atoms with Crippen LogP contribution in [0.5, 0.6) is 0 Å². The van der Waals surface area contributed by atoms with Crippen molar-refractivity contribution in [3.8, 4) is 5.69 Å². The number of pyridine rings is 1. The molecule has 0 saturated carbocycles. The maximum absolute atomic E-state index is 13.6. The Balaban J connectivity index is 1.51. The molecule has 0 unspecified atom stereocenters. The monoisotopic (exact) mass is 565 g/mol. The number of carbonyl (C=O) groups excluding carboxylic acids is 1. The quantitative estimate of drug-likeness (QED) is 0.343. The van der Waals surface area contributed by atoms with Crippen LogP contribution in [0, 0.1) is 5.92 Å². The van der Waals surface area contributed by atoms with Crippen LogP contribution in [0.3, 0.4) is 0 Å². The number of aliphatic hydroxyl groups excluding tert-OH is 1. The fourth-order valence-electron chi connectivity index (χ4n) is 5.01. The van der Waals surface area contributed by atoms with Gasteiger partial charge in [-0.2, -0.15) is 0 Å². The highest BCUT2D eigenvalue weighted by atomic mass is 32.2. The Morgan fingerprint density at radius 1 is 1.12 bits per heavy atom. The number of sulfonamides is 1. The molecule has 1 saturated heterocycles. The second-order valence-corrected chi connectivity index (χ2v) is 12.1. The van der Waals surface area contributed by atoms with E-state index in [1.165, 1.54) is 0 Å². The van der Waals surface area contributed by atoms with Gasteiger partial charge in [0.1, 0.15) is 5.82 Å². The van der Waals surface area contributed by atoms with Crippen molar-refractivity contribution in [2.75, 3.05) is 45.6 Å². The standard InChI is InChI=1S/C28H35N7O4S/c1-2-40(38,39)33-21-7-8-23-25(16-21)34-14-11-20(12-15-34)6-4-3-5-13-29-27-24(35-17-22(18-36)30-19-35)9-10-26(31-27)32-28(23)37/h3-4,7-10,16-17,19-20,33,36H,2,5-6,11-15,18H2,1H3,(H2,29,31,32,37)/b4-3+. The number of hydrogen-bond acceptors (Lipinski definition) is 8. The minimum absolute atomic E-state index is 0.0398. The van der Waals surface area contributed by atoms with Crippen molar-refractivity contribution in [1.29, 1.82) is 0 Å². The van der Waals surface area contributed by atoms with E-state index >= 15 is 0 Å². The molecule has 4 N–H and O–H groups in total. The average molecular weight is 566 g/mol. The van der Waals surface area contributed by atoms with Crippen molar-refractivity contribution < 1.29 is 18.3 Å². The molecular formula is C28H35N7O4S. The number of piperidine rings is 1. The fourth-order valence-corrected chi connectivity index (χ4v) is 5.64. The molecule has 3 aliphatic heterocycles. The van der Waals surface area contributed by atoms with Gasteiger partial charge >= 0.3 is 0 Å². The molecule has 6 rings (SSSR count). The number of carbonyl (C=O) groups is 1. The van der Waals surface area contributed by atoms with Gasteiger partial charge in [0.25, 0.3) is 5.91 Å². The zero-order valence-electron chi connectivity index (χ0n) is 22.5. The van der Waals surface area contributed by atoms with Crippen LogP contribution in [-0.4, -0.2) is 59.4 Å². The molecule has 1 aromatic carbocycles. The highest BCUT2D eigenvalue weighted by molar-refractivity contribution is 7.92. The zero-order chi connectivity index (χ0) is 28.1. The molecule has 5 heterocycles. The number of aromatic nitrogens is 3. The number of hydrogen-bond donors (Lipinski definition) is 4. The minimum Gasteiger partial charge on any atom is -0.390 e. The molecular weight excluding hydrogens is 530 g/mol. The van der Waals surface area contributed by atoms with Gasteiger partial charge in [-0.3, -0.25) is 9.52 Å². The van der Waals surface area contributed by atoms with Gasteiger partial charge in [-0.25, -0.2) is 18.4 Å².